The van der Waals surface area contributed by atoms with Crippen LogP contribution in [0, 0.1) is 5.41 Å². The van der Waals surface area contributed by atoms with Crippen LogP contribution in [0.3, 0.4) is 0 Å². The smallest absolute Gasteiger partial charge is 0.144 e. The number of morpholine rings is 1. The minimum Gasteiger partial charge on any atom is -0.409 e. The zero-order valence-electron chi connectivity index (χ0n) is 12.7. The molecular weight excluding hydrogens is 242 g/mol. The minimum absolute atomic E-state index is 0.224. The number of ether oxygens (including phenoxy) is 1. The molecule has 0 spiro atoms. The Kier molecular flexibility index (Phi) is 6.07. The third-order valence-electron chi connectivity index (χ3n) is 4.04. The summed E-state index contributed by atoms with van der Waals surface area (Å²) in [4.78, 5) is 2.49. The fraction of sp³-hybridized carbons (Fsp3) is 0.929. The number of hydrogen-bond donors (Lipinski definition) is 2. The van der Waals surface area contributed by atoms with Crippen molar-refractivity contribution >= 4 is 5.84 Å². The lowest BCUT2D eigenvalue weighted by Crippen LogP contribution is -2.47. The van der Waals surface area contributed by atoms with Crippen molar-refractivity contribution in [2.75, 3.05) is 19.7 Å². The van der Waals surface area contributed by atoms with E-state index < -0.39 is 0 Å². The molecule has 0 radical (unpaired) electrons. The molecule has 0 aromatic heterocycles. The first-order valence-corrected chi connectivity index (χ1v) is 7.20. The Hall–Kier alpha value is -0.810. The van der Waals surface area contributed by atoms with Gasteiger partial charge in [0.25, 0.3) is 0 Å². The van der Waals surface area contributed by atoms with E-state index in [0.717, 1.165) is 39.0 Å². The van der Waals surface area contributed by atoms with Crippen LogP contribution in [-0.4, -0.2) is 47.8 Å². The zero-order valence-corrected chi connectivity index (χ0v) is 12.7. The Bertz CT molecular complexity index is 305. The molecule has 1 rings (SSSR count). The molecule has 3 N–H and O–H groups in total. The number of nitrogens with two attached hydrogens (primary N) is 1. The van der Waals surface area contributed by atoms with Crippen LogP contribution < -0.4 is 5.73 Å². The van der Waals surface area contributed by atoms with Crippen LogP contribution in [0.25, 0.3) is 0 Å². The van der Waals surface area contributed by atoms with Gasteiger partial charge in [0, 0.05) is 18.0 Å². The van der Waals surface area contributed by atoms with Gasteiger partial charge in [0.05, 0.1) is 12.7 Å². The van der Waals surface area contributed by atoms with Gasteiger partial charge in [-0.25, -0.2) is 0 Å². The summed E-state index contributed by atoms with van der Waals surface area (Å²) < 4.78 is 5.63. The topological polar surface area (TPSA) is 71.1 Å². The van der Waals surface area contributed by atoms with E-state index in [0.29, 0.717) is 18.0 Å². The van der Waals surface area contributed by atoms with Crippen molar-refractivity contribution in [2.45, 2.75) is 59.1 Å². The number of unbranched alkanes of at least 4 members (excludes halogenated alkanes) is 1. The van der Waals surface area contributed by atoms with Crippen LogP contribution in [-0.2, 0) is 4.74 Å². The Morgan fingerprint density at radius 2 is 2.11 bits per heavy atom. The number of rotatable bonds is 6. The summed E-state index contributed by atoms with van der Waals surface area (Å²) in [7, 11) is 0. The summed E-state index contributed by atoms with van der Waals surface area (Å²) >= 11 is 0. The van der Waals surface area contributed by atoms with Crippen LogP contribution >= 0.6 is 0 Å². The summed E-state index contributed by atoms with van der Waals surface area (Å²) in [5, 5.41) is 11.9. The largest absolute Gasteiger partial charge is 0.409 e. The second-order valence-electron chi connectivity index (χ2n) is 6.31. The maximum Gasteiger partial charge on any atom is 0.144 e. The van der Waals surface area contributed by atoms with Crippen molar-refractivity contribution in [3.05, 3.63) is 0 Å². The second kappa shape index (κ2) is 7.10. The molecule has 0 aromatic carbocycles. The van der Waals surface area contributed by atoms with Gasteiger partial charge in [0.15, 0.2) is 0 Å². The van der Waals surface area contributed by atoms with Gasteiger partial charge in [-0.05, 0) is 33.2 Å². The number of amidine groups is 1. The lowest BCUT2D eigenvalue weighted by molar-refractivity contribution is -0.0497. The maximum atomic E-state index is 8.74. The van der Waals surface area contributed by atoms with Gasteiger partial charge >= 0.3 is 0 Å². The van der Waals surface area contributed by atoms with Crippen molar-refractivity contribution in [2.24, 2.45) is 16.3 Å². The van der Waals surface area contributed by atoms with Gasteiger partial charge in [-0.1, -0.05) is 25.4 Å². The van der Waals surface area contributed by atoms with Crippen molar-refractivity contribution in [1.29, 1.82) is 0 Å². The molecule has 1 aliphatic heterocycles. The Labute approximate surface area is 116 Å². The fourth-order valence-corrected chi connectivity index (χ4v) is 2.43. The molecule has 0 aliphatic carbocycles. The van der Waals surface area contributed by atoms with Gasteiger partial charge < -0.3 is 15.7 Å². The quantitative estimate of drug-likeness (QED) is 0.255. The van der Waals surface area contributed by atoms with Gasteiger partial charge in [-0.15, -0.1) is 0 Å². The predicted octanol–water partition coefficient (Wildman–Crippen LogP) is 2.04. The van der Waals surface area contributed by atoms with Crippen LogP contribution in [0.4, 0.5) is 0 Å². The molecule has 2 atom stereocenters. The number of nitrogens with zero attached hydrogens (tertiary/aromatic N) is 2. The van der Waals surface area contributed by atoms with E-state index in [-0.39, 0.29) is 5.41 Å². The van der Waals surface area contributed by atoms with Gasteiger partial charge in [0.2, 0.25) is 0 Å². The van der Waals surface area contributed by atoms with Crippen molar-refractivity contribution in [3.8, 4) is 0 Å². The van der Waals surface area contributed by atoms with E-state index >= 15 is 0 Å². The third kappa shape index (κ3) is 4.99. The zero-order chi connectivity index (χ0) is 14.5. The average Bonchev–Trinajstić information content (AvgIpc) is 2.37. The lowest BCUT2D eigenvalue weighted by Gasteiger charge is -2.37. The van der Waals surface area contributed by atoms with Crippen LogP contribution in [0.5, 0.6) is 0 Å². The minimum atomic E-state index is -0.224. The predicted molar refractivity (Wildman–Crippen MR) is 77.5 cm³/mol. The first kappa shape index (κ1) is 16.2. The van der Waals surface area contributed by atoms with E-state index in [4.69, 9.17) is 15.7 Å². The molecule has 1 aliphatic rings. The Morgan fingerprint density at radius 3 is 2.74 bits per heavy atom. The number of oxime groups is 1. The molecule has 5 nitrogen and oxygen atoms in total. The molecule has 5 heteroatoms. The molecule has 0 saturated carbocycles. The third-order valence-corrected chi connectivity index (χ3v) is 4.04. The summed E-state index contributed by atoms with van der Waals surface area (Å²) in [6.45, 7) is 11.3. The van der Waals surface area contributed by atoms with Crippen molar-refractivity contribution in [1.82, 2.24) is 4.90 Å². The van der Waals surface area contributed by atoms with Crippen molar-refractivity contribution < 1.29 is 9.94 Å². The Morgan fingerprint density at radius 1 is 1.42 bits per heavy atom. The van der Waals surface area contributed by atoms with E-state index in [2.05, 4.69) is 23.9 Å². The molecule has 0 bridgehead atoms. The average molecular weight is 271 g/mol. The van der Waals surface area contributed by atoms with E-state index in [1.54, 1.807) is 0 Å². The maximum absolute atomic E-state index is 8.74. The highest BCUT2D eigenvalue weighted by atomic mass is 16.5. The molecule has 1 saturated heterocycles. The molecule has 0 aromatic rings. The van der Waals surface area contributed by atoms with Gasteiger partial charge in [-0.2, -0.15) is 0 Å². The van der Waals surface area contributed by atoms with E-state index in [9.17, 15) is 0 Å². The van der Waals surface area contributed by atoms with Crippen molar-refractivity contribution in [3.63, 3.8) is 0 Å². The lowest BCUT2D eigenvalue weighted by atomic mass is 9.86. The highest BCUT2D eigenvalue weighted by Crippen LogP contribution is 2.23. The first-order valence-electron chi connectivity index (χ1n) is 7.20. The summed E-state index contributed by atoms with van der Waals surface area (Å²) in [6.07, 6.45) is 3.50. The van der Waals surface area contributed by atoms with E-state index in [1.807, 2.05) is 13.8 Å². The fourth-order valence-electron chi connectivity index (χ4n) is 2.43. The highest BCUT2D eigenvalue weighted by Gasteiger charge is 2.25. The highest BCUT2D eigenvalue weighted by molar-refractivity contribution is 5.85. The molecule has 1 heterocycles. The molecule has 19 heavy (non-hydrogen) atoms. The molecule has 2 unspecified atom stereocenters. The van der Waals surface area contributed by atoms with E-state index in [1.165, 1.54) is 0 Å². The molecule has 112 valence electrons. The normalized spacial score (nSPS) is 26.6. The first-order chi connectivity index (χ1) is 8.86. The van der Waals surface area contributed by atoms with Crippen LogP contribution in [0.15, 0.2) is 5.16 Å². The monoisotopic (exact) mass is 271 g/mol. The number of hydrogen-bond acceptors (Lipinski definition) is 4. The molecule has 0 amide bonds. The van der Waals surface area contributed by atoms with Gasteiger partial charge in [-0.3, -0.25) is 4.90 Å². The van der Waals surface area contributed by atoms with Crippen LogP contribution in [0.1, 0.15) is 47.0 Å². The summed E-state index contributed by atoms with van der Waals surface area (Å²) in [5.41, 5.74) is 5.47. The second-order valence-corrected chi connectivity index (χ2v) is 6.31. The summed E-state index contributed by atoms with van der Waals surface area (Å²) in [6, 6.07) is 0.508. The van der Waals surface area contributed by atoms with Crippen LogP contribution in [0.2, 0.25) is 0 Å². The SMILES string of the molecule is CC1CN(CCCCC(C)(C)C(N)=NO)C(C)CO1. The standard InChI is InChI=1S/C14H29N3O2/c1-11-10-19-12(2)9-17(11)8-6-5-7-14(3,4)13(15)16-18/h11-12,18H,5-10H2,1-4H3,(H2,15,16). The molecular formula is C14H29N3O2. The Balaban J connectivity index is 2.27. The summed E-state index contributed by atoms with van der Waals surface area (Å²) in [5.74, 6) is 0.320. The molecule has 1 fully saturated rings. The van der Waals surface area contributed by atoms with Gasteiger partial charge in [0.1, 0.15) is 5.84 Å².